The van der Waals surface area contributed by atoms with Crippen LogP contribution in [0.2, 0.25) is 0 Å². The maximum absolute atomic E-state index is 10.7. The van der Waals surface area contributed by atoms with E-state index in [4.69, 9.17) is 10.5 Å². The van der Waals surface area contributed by atoms with E-state index in [1.165, 1.54) is 6.42 Å². The van der Waals surface area contributed by atoms with Crippen molar-refractivity contribution in [2.45, 2.75) is 57.7 Å². The van der Waals surface area contributed by atoms with Gasteiger partial charge in [-0.25, -0.2) is 0 Å². The third kappa shape index (κ3) is 3.30. The summed E-state index contributed by atoms with van der Waals surface area (Å²) in [4.78, 5) is 4.10. The molecule has 20 heavy (non-hydrogen) atoms. The molecule has 0 bridgehead atoms. The van der Waals surface area contributed by atoms with Crippen LogP contribution in [0.15, 0.2) is 18.5 Å². The van der Waals surface area contributed by atoms with E-state index in [9.17, 15) is 5.11 Å². The minimum absolute atomic E-state index is 0.422. The van der Waals surface area contributed by atoms with Gasteiger partial charge >= 0.3 is 0 Å². The van der Waals surface area contributed by atoms with Crippen molar-refractivity contribution in [3.63, 3.8) is 0 Å². The Kier molecular flexibility index (Phi) is 5.00. The molecule has 1 aromatic rings. The van der Waals surface area contributed by atoms with Gasteiger partial charge in [0.2, 0.25) is 0 Å². The molecule has 3 atom stereocenters. The van der Waals surface area contributed by atoms with Crippen LogP contribution >= 0.6 is 0 Å². The summed E-state index contributed by atoms with van der Waals surface area (Å²) in [5.74, 6) is 0.594. The minimum atomic E-state index is -0.531. The summed E-state index contributed by atoms with van der Waals surface area (Å²) in [7, 11) is 0. The van der Waals surface area contributed by atoms with Gasteiger partial charge in [0.15, 0.2) is 0 Å². The number of ether oxygens (including phenoxy) is 1. The number of rotatable bonds is 5. The fourth-order valence-electron chi connectivity index (χ4n) is 3.36. The van der Waals surface area contributed by atoms with Gasteiger partial charge < -0.3 is 15.6 Å². The lowest BCUT2D eigenvalue weighted by Crippen LogP contribution is -2.49. The highest BCUT2D eigenvalue weighted by molar-refractivity contribution is 5.44. The van der Waals surface area contributed by atoms with Gasteiger partial charge in [-0.05, 0) is 37.3 Å². The lowest BCUT2D eigenvalue weighted by molar-refractivity contribution is -0.146. The Morgan fingerprint density at radius 2 is 2.40 bits per heavy atom. The summed E-state index contributed by atoms with van der Waals surface area (Å²) >= 11 is 0. The van der Waals surface area contributed by atoms with Crippen molar-refractivity contribution in [3.05, 3.63) is 24.0 Å². The average Bonchev–Trinajstić information content (AvgIpc) is 2.41. The van der Waals surface area contributed by atoms with Crippen LogP contribution in [0.25, 0.3) is 0 Å². The Morgan fingerprint density at radius 1 is 1.60 bits per heavy atom. The highest BCUT2D eigenvalue weighted by Crippen LogP contribution is 2.39. The van der Waals surface area contributed by atoms with Crippen LogP contribution in [0.3, 0.4) is 0 Å². The van der Waals surface area contributed by atoms with Crippen molar-refractivity contribution in [1.82, 2.24) is 4.98 Å². The lowest BCUT2D eigenvalue weighted by Gasteiger charge is -2.43. The Bertz CT molecular complexity index is 434. The zero-order valence-electron chi connectivity index (χ0n) is 12.5. The van der Waals surface area contributed by atoms with Crippen LogP contribution in [0, 0.1) is 5.92 Å². The number of aliphatic hydroxyl groups is 1. The van der Waals surface area contributed by atoms with Gasteiger partial charge in [-0.3, -0.25) is 4.98 Å². The second kappa shape index (κ2) is 6.55. The molecular formula is C16H26N2O2. The number of aromatic nitrogens is 1. The maximum Gasteiger partial charge on any atom is 0.0945 e. The highest BCUT2D eigenvalue weighted by Gasteiger charge is 2.42. The predicted molar refractivity (Wildman–Crippen MR) is 80.3 cm³/mol. The van der Waals surface area contributed by atoms with Gasteiger partial charge in [-0.2, -0.15) is 0 Å². The van der Waals surface area contributed by atoms with E-state index in [0.717, 1.165) is 24.8 Å². The van der Waals surface area contributed by atoms with Crippen molar-refractivity contribution in [2.75, 3.05) is 12.3 Å². The van der Waals surface area contributed by atoms with Gasteiger partial charge in [0.1, 0.15) is 0 Å². The molecule has 4 nitrogen and oxygen atoms in total. The molecule has 0 amide bonds. The van der Waals surface area contributed by atoms with E-state index in [1.807, 2.05) is 6.92 Å². The van der Waals surface area contributed by atoms with Crippen LogP contribution in [0.5, 0.6) is 0 Å². The Labute approximate surface area is 121 Å². The Balaban J connectivity index is 2.14. The van der Waals surface area contributed by atoms with Crippen molar-refractivity contribution >= 4 is 5.69 Å². The second-order valence-electron chi connectivity index (χ2n) is 5.99. The molecule has 4 heteroatoms. The van der Waals surface area contributed by atoms with Crippen molar-refractivity contribution < 1.29 is 9.84 Å². The van der Waals surface area contributed by atoms with Crippen molar-refractivity contribution in [3.8, 4) is 0 Å². The highest BCUT2D eigenvalue weighted by atomic mass is 16.5. The van der Waals surface area contributed by atoms with E-state index in [1.54, 1.807) is 18.5 Å². The van der Waals surface area contributed by atoms with Crippen LogP contribution < -0.4 is 5.73 Å². The second-order valence-corrected chi connectivity index (χ2v) is 5.99. The van der Waals surface area contributed by atoms with Crippen LogP contribution in [0.1, 0.15) is 45.1 Å². The molecule has 1 saturated carbocycles. The zero-order chi connectivity index (χ0) is 14.6. The Morgan fingerprint density at radius 3 is 3.05 bits per heavy atom. The van der Waals surface area contributed by atoms with Crippen molar-refractivity contribution in [1.29, 1.82) is 0 Å². The van der Waals surface area contributed by atoms with Crippen LogP contribution in [-0.4, -0.2) is 28.4 Å². The number of nitrogens with two attached hydrogens (primary N) is 1. The largest absolute Gasteiger partial charge is 0.398 e. The maximum atomic E-state index is 10.7. The number of pyridine rings is 1. The fourth-order valence-corrected chi connectivity index (χ4v) is 3.36. The molecule has 1 heterocycles. The predicted octanol–water partition coefficient (Wildman–Crippen LogP) is 2.55. The first-order chi connectivity index (χ1) is 9.57. The summed E-state index contributed by atoms with van der Waals surface area (Å²) in [5.41, 5.74) is 7.12. The minimum Gasteiger partial charge on any atom is -0.398 e. The van der Waals surface area contributed by atoms with E-state index in [0.29, 0.717) is 24.6 Å². The van der Waals surface area contributed by atoms with Gasteiger partial charge in [0.25, 0.3) is 0 Å². The van der Waals surface area contributed by atoms with Gasteiger partial charge in [0.05, 0.1) is 11.7 Å². The van der Waals surface area contributed by atoms with Crippen LogP contribution in [-0.2, 0) is 11.2 Å². The molecule has 112 valence electrons. The average molecular weight is 278 g/mol. The van der Waals surface area contributed by atoms with E-state index < -0.39 is 11.7 Å². The molecule has 0 aromatic carbocycles. The van der Waals surface area contributed by atoms with Crippen molar-refractivity contribution in [2.24, 2.45) is 5.92 Å². The molecule has 0 saturated heterocycles. The molecule has 0 radical (unpaired) electrons. The normalized spacial score (nSPS) is 28.2. The smallest absolute Gasteiger partial charge is 0.0945 e. The topological polar surface area (TPSA) is 68.4 Å². The standard InChI is InChI=1S/C16H26N2O2/c1-3-20-16(7-4-5-12(2)10-16)15(19)9-13-11-18-8-6-14(13)17/h6,8,11-12,15,19H,3-5,7,9-10H2,1-2H3,(H2,17,18). The molecule has 3 N–H and O–H groups in total. The molecule has 1 aromatic heterocycles. The summed E-state index contributed by atoms with van der Waals surface area (Å²) < 4.78 is 6.00. The summed E-state index contributed by atoms with van der Waals surface area (Å²) in [6, 6.07) is 1.78. The molecule has 0 spiro atoms. The number of nitrogens with zero attached hydrogens (tertiary/aromatic N) is 1. The third-order valence-corrected chi connectivity index (χ3v) is 4.38. The number of hydrogen-bond acceptors (Lipinski definition) is 4. The Hall–Kier alpha value is -1.13. The summed E-state index contributed by atoms with van der Waals surface area (Å²) in [5, 5.41) is 10.7. The molecule has 1 aliphatic rings. The molecule has 3 unspecified atom stereocenters. The third-order valence-electron chi connectivity index (χ3n) is 4.38. The molecular weight excluding hydrogens is 252 g/mol. The number of anilines is 1. The van der Waals surface area contributed by atoms with Gasteiger partial charge in [-0.1, -0.05) is 19.8 Å². The fraction of sp³-hybridized carbons (Fsp3) is 0.688. The quantitative estimate of drug-likeness (QED) is 0.868. The number of hydrogen-bond donors (Lipinski definition) is 2. The first-order valence-corrected chi connectivity index (χ1v) is 7.58. The monoisotopic (exact) mass is 278 g/mol. The first kappa shape index (κ1) is 15.3. The van der Waals surface area contributed by atoms with Gasteiger partial charge in [-0.15, -0.1) is 0 Å². The molecule has 0 aliphatic heterocycles. The lowest BCUT2D eigenvalue weighted by atomic mass is 9.74. The van der Waals surface area contributed by atoms with Crippen LogP contribution in [0.4, 0.5) is 5.69 Å². The van der Waals surface area contributed by atoms with E-state index >= 15 is 0 Å². The number of nitrogen functional groups attached to an aromatic ring is 1. The first-order valence-electron chi connectivity index (χ1n) is 7.58. The zero-order valence-corrected chi connectivity index (χ0v) is 12.5. The number of aliphatic hydroxyl groups excluding tert-OH is 1. The molecule has 1 aliphatic carbocycles. The molecule has 1 fully saturated rings. The van der Waals surface area contributed by atoms with E-state index in [2.05, 4.69) is 11.9 Å². The summed E-state index contributed by atoms with van der Waals surface area (Å²) in [6.45, 7) is 4.86. The molecule has 2 rings (SSSR count). The summed E-state index contributed by atoms with van der Waals surface area (Å²) in [6.07, 6.45) is 7.56. The van der Waals surface area contributed by atoms with Gasteiger partial charge in [0, 0.05) is 31.1 Å². The van der Waals surface area contributed by atoms with E-state index in [-0.39, 0.29) is 0 Å². The SMILES string of the molecule is CCOC1(C(O)Cc2cnccc2N)CCCC(C)C1.